The van der Waals surface area contributed by atoms with Gasteiger partial charge in [0, 0.05) is 6.61 Å². The van der Waals surface area contributed by atoms with Gasteiger partial charge in [-0.3, -0.25) is 0 Å². The van der Waals surface area contributed by atoms with Gasteiger partial charge in [-0.1, -0.05) is 0 Å². The van der Waals surface area contributed by atoms with E-state index in [2.05, 4.69) is 11.7 Å². The Morgan fingerprint density at radius 1 is 1.75 bits per heavy atom. The van der Waals surface area contributed by atoms with E-state index in [-0.39, 0.29) is 13.2 Å². The van der Waals surface area contributed by atoms with E-state index in [1.165, 1.54) is 0 Å². The largest absolute Gasteiger partial charge is 0.388 e. The summed E-state index contributed by atoms with van der Waals surface area (Å²) in [6.45, 7) is 2.90. The van der Waals surface area contributed by atoms with Crippen molar-refractivity contribution in [3.05, 3.63) is 6.92 Å². The highest BCUT2D eigenvalue weighted by Gasteiger charge is 1.99. The molecule has 0 bridgehead atoms. The molecule has 0 aliphatic carbocycles. The smallest absolute Gasteiger partial charge is 0.118 e. The monoisotopic (exact) mass is 121 g/mol. The summed E-state index contributed by atoms with van der Waals surface area (Å²) in [4.78, 5) is 0. The molecule has 8 heavy (non-hydrogen) atoms. The number of aliphatic hydroxyl groups is 1. The van der Waals surface area contributed by atoms with E-state index in [0.29, 0.717) is 0 Å². The minimum atomic E-state index is -0.975. The van der Waals surface area contributed by atoms with Gasteiger partial charge in [-0.2, -0.15) is 0 Å². The molecule has 1 N–H and O–H groups in total. The Morgan fingerprint density at radius 3 is 2.75 bits per heavy atom. The molecule has 0 aromatic heterocycles. The molecule has 0 aromatic rings. The van der Waals surface area contributed by atoms with Gasteiger partial charge in [0.2, 0.25) is 0 Å². The van der Waals surface area contributed by atoms with Crippen molar-refractivity contribution in [1.29, 1.82) is 0 Å². The fourth-order valence-electron chi connectivity index (χ4n) is 0.264. The summed E-state index contributed by atoms with van der Waals surface area (Å²) in [6, 6.07) is 0. The zero-order valence-corrected chi connectivity index (χ0v) is 4.64. The third-order valence-electron chi connectivity index (χ3n) is 0.633. The van der Waals surface area contributed by atoms with Gasteiger partial charge in [-0.15, -0.1) is 0 Å². The van der Waals surface area contributed by atoms with Crippen molar-refractivity contribution in [3.8, 4) is 0 Å². The topological polar surface area (TPSA) is 29.5 Å². The second kappa shape index (κ2) is 5.00. The van der Waals surface area contributed by atoms with Crippen LogP contribution < -0.4 is 0 Å². The predicted octanol–water partition coefficient (Wildman–Crippen LogP) is 0.167. The third kappa shape index (κ3) is 4.02. The van der Waals surface area contributed by atoms with Gasteiger partial charge >= 0.3 is 0 Å². The van der Waals surface area contributed by atoms with Crippen molar-refractivity contribution in [2.45, 2.75) is 6.10 Å². The van der Waals surface area contributed by atoms with E-state index >= 15 is 0 Å². The van der Waals surface area contributed by atoms with Crippen LogP contribution in [0.25, 0.3) is 0 Å². The predicted molar refractivity (Wildman–Crippen MR) is 28.2 cm³/mol. The first-order chi connectivity index (χ1) is 3.81. The summed E-state index contributed by atoms with van der Waals surface area (Å²) in [5, 5.41) is 8.46. The molecule has 0 rings (SSSR count). The van der Waals surface area contributed by atoms with Crippen molar-refractivity contribution in [2.24, 2.45) is 0 Å². The summed E-state index contributed by atoms with van der Waals surface area (Å²) < 4.78 is 15.9. The second-order valence-electron chi connectivity index (χ2n) is 1.38. The van der Waals surface area contributed by atoms with Gasteiger partial charge in [0.1, 0.15) is 12.8 Å². The highest BCUT2D eigenvalue weighted by atomic mass is 19.1. The molecular weight excluding hydrogens is 111 g/mol. The van der Waals surface area contributed by atoms with Crippen molar-refractivity contribution in [1.82, 2.24) is 0 Å². The molecule has 0 fully saturated rings. The summed E-state index contributed by atoms with van der Waals surface area (Å²) >= 11 is 0. The van der Waals surface area contributed by atoms with Crippen LogP contribution in [0, 0.1) is 6.92 Å². The van der Waals surface area contributed by atoms with E-state index in [4.69, 9.17) is 5.11 Å². The Balaban J connectivity index is 2.86. The summed E-state index contributed by atoms with van der Waals surface area (Å²) in [5.41, 5.74) is 0. The number of hydrogen-bond donors (Lipinski definition) is 1. The number of aliphatic hydroxyl groups excluding tert-OH is 1. The highest BCUT2D eigenvalue weighted by molar-refractivity contribution is 4.48. The van der Waals surface area contributed by atoms with Crippen LogP contribution >= 0.6 is 0 Å². The van der Waals surface area contributed by atoms with E-state index < -0.39 is 12.8 Å². The quantitative estimate of drug-likeness (QED) is 0.574. The average molecular weight is 121 g/mol. The molecule has 49 valence electrons. The fraction of sp³-hybridized carbons (Fsp3) is 0.800. The Hall–Kier alpha value is -0.150. The molecule has 1 unspecified atom stereocenters. The molecule has 0 heterocycles. The van der Waals surface area contributed by atoms with Crippen LogP contribution in [0.5, 0.6) is 0 Å². The molecule has 1 radical (unpaired) electrons. The molecule has 3 heteroatoms. The van der Waals surface area contributed by atoms with Gasteiger partial charge in [0.05, 0.1) is 6.61 Å². The second-order valence-corrected chi connectivity index (χ2v) is 1.38. The molecule has 0 spiro atoms. The Kier molecular flexibility index (Phi) is 4.90. The first-order valence-corrected chi connectivity index (χ1v) is 2.42. The van der Waals surface area contributed by atoms with Gasteiger partial charge < -0.3 is 9.84 Å². The number of alkyl halides is 1. The van der Waals surface area contributed by atoms with Gasteiger partial charge in [-0.25, -0.2) is 4.39 Å². The average Bonchev–Trinajstić information content (AvgIpc) is 1.83. The molecular formula is C5H10FO2. The Bertz CT molecular complexity index is 49.7. The molecule has 0 amide bonds. The lowest BCUT2D eigenvalue weighted by Gasteiger charge is -2.03. The van der Waals surface area contributed by atoms with Crippen LogP contribution in [-0.2, 0) is 4.74 Å². The summed E-state index contributed by atoms with van der Waals surface area (Å²) in [7, 11) is 0. The van der Waals surface area contributed by atoms with Crippen LogP contribution in [0.1, 0.15) is 0 Å². The summed E-state index contributed by atoms with van der Waals surface area (Å²) in [5.74, 6) is 0. The number of rotatable bonds is 4. The van der Waals surface area contributed by atoms with Crippen LogP contribution in [-0.4, -0.2) is 31.1 Å². The maximum absolute atomic E-state index is 11.4. The molecule has 0 saturated carbocycles. The van der Waals surface area contributed by atoms with Crippen molar-refractivity contribution >= 4 is 0 Å². The minimum absolute atomic E-state index is 0.0417. The van der Waals surface area contributed by atoms with E-state index in [1.807, 2.05) is 0 Å². The zero-order valence-electron chi connectivity index (χ0n) is 4.64. The van der Waals surface area contributed by atoms with Gasteiger partial charge in [0.15, 0.2) is 0 Å². The fourth-order valence-corrected chi connectivity index (χ4v) is 0.264. The normalized spacial score (nSPS) is 13.9. The van der Waals surface area contributed by atoms with E-state index in [1.54, 1.807) is 0 Å². The molecule has 0 saturated heterocycles. The lowest BCUT2D eigenvalue weighted by molar-refractivity contribution is 0.0344. The number of halogens is 1. The molecule has 1 atom stereocenters. The molecule has 0 aliphatic rings. The van der Waals surface area contributed by atoms with Crippen molar-refractivity contribution in [3.63, 3.8) is 0 Å². The maximum Gasteiger partial charge on any atom is 0.118 e. The van der Waals surface area contributed by atoms with Crippen LogP contribution in [0.15, 0.2) is 0 Å². The lowest BCUT2D eigenvalue weighted by atomic mass is 10.4. The van der Waals surface area contributed by atoms with Crippen molar-refractivity contribution < 1.29 is 14.2 Å². The van der Waals surface area contributed by atoms with Crippen LogP contribution in [0.3, 0.4) is 0 Å². The molecule has 0 aliphatic heterocycles. The lowest BCUT2D eigenvalue weighted by Crippen LogP contribution is -2.16. The molecule has 0 aromatic carbocycles. The first-order valence-electron chi connectivity index (χ1n) is 2.42. The molecule has 2 nitrogen and oxygen atoms in total. The van der Waals surface area contributed by atoms with Crippen LogP contribution in [0.2, 0.25) is 0 Å². The number of hydrogen-bond acceptors (Lipinski definition) is 2. The third-order valence-corrected chi connectivity index (χ3v) is 0.633. The van der Waals surface area contributed by atoms with Crippen LogP contribution in [0.4, 0.5) is 4.39 Å². The minimum Gasteiger partial charge on any atom is -0.388 e. The standard InChI is InChI=1S/C5H10FO2/c1-2-8-4-5(7)3-6/h5,7H,1-4H2. The Morgan fingerprint density at radius 2 is 2.38 bits per heavy atom. The zero-order chi connectivity index (χ0) is 6.41. The van der Waals surface area contributed by atoms with Gasteiger partial charge in [-0.05, 0) is 6.92 Å². The van der Waals surface area contributed by atoms with Crippen molar-refractivity contribution in [2.75, 3.05) is 19.9 Å². The van der Waals surface area contributed by atoms with Gasteiger partial charge in [0.25, 0.3) is 0 Å². The maximum atomic E-state index is 11.4. The SMILES string of the molecule is [CH2]COCC(O)CF. The number of ether oxygens (including phenoxy) is 1. The highest BCUT2D eigenvalue weighted by Crippen LogP contribution is 1.84. The van der Waals surface area contributed by atoms with E-state index in [9.17, 15) is 4.39 Å². The first kappa shape index (κ1) is 7.85. The Labute approximate surface area is 48.3 Å². The summed E-state index contributed by atoms with van der Waals surface area (Å²) in [6.07, 6.45) is -0.975. The van der Waals surface area contributed by atoms with E-state index in [0.717, 1.165) is 0 Å².